The van der Waals surface area contributed by atoms with Crippen molar-refractivity contribution in [1.29, 1.82) is 0 Å². The van der Waals surface area contributed by atoms with E-state index in [4.69, 9.17) is 4.74 Å². The maximum absolute atomic E-state index is 11.4. The lowest BCUT2D eigenvalue weighted by atomic mass is 10.2. The normalized spacial score (nSPS) is 13.6. The summed E-state index contributed by atoms with van der Waals surface area (Å²) in [4.78, 5) is 2.50. The zero-order chi connectivity index (χ0) is 16.8. The molecule has 0 saturated carbocycles. The summed E-state index contributed by atoms with van der Waals surface area (Å²) in [6, 6.07) is 6.83. The first-order valence-electron chi connectivity index (χ1n) is 7.55. The number of hydrogen-bond acceptors (Lipinski definition) is 5. The summed E-state index contributed by atoms with van der Waals surface area (Å²) in [6.07, 6.45) is 1.69. The van der Waals surface area contributed by atoms with Crippen molar-refractivity contribution in [3.63, 3.8) is 0 Å². The van der Waals surface area contributed by atoms with Crippen LogP contribution >= 0.6 is 0 Å². The first kappa shape index (κ1) is 18.9. The molecule has 1 unspecified atom stereocenters. The van der Waals surface area contributed by atoms with Crippen LogP contribution in [0.3, 0.4) is 0 Å². The smallest absolute Gasteiger partial charge is 0.175 e. The average molecular weight is 329 g/mol. The van der Waals surface area contributed by atoms with Crippen molar-refractivity contribution in [3.05, 3.63) is 24.3 Å². The molecule has 1 aromatic carbocycles. The maximum Gasteiger partial charge on any atom is 0.175 e. The van der Waals surface area contributed by atoms with E-state index in [1.54, 1.807) is 31.2 Å². The van der Waals surface area contributed by atoms with Gasteiger partial charge in [0.2, 0.25) is 0 Å². The Morgan fingerprint density at radius 2 is 1.77 bits per heavy atom. The number of benzene rings is 1. The van der Waals surface area contributed by atoms with E-state index in [0.717, 1.165) is 13.0 Å². The van der Waals surface area contributed by atoms with Crippen LogP contribution in [0, 0.1) is 0 Å². The van der Waals surface area contributed by atoms with Crippen LogP contribution in [0.25, 0.3) is 0 Å². The van der Waals surface area contributed by atoms with Crippen molar-refractivity contribution in [2.75, 3.05) is 26.0 Å². The molecule has 0 spiro atoms. The van der Waals surface area contributed by atoms with Gasteiger partial charge in [-0.25, -0.2) is 8.42 Å². The summed E-state index contributed by atoms with van der Waals surface area (Å²) in [5.41, 5.74) is 0. The van der Waals surface area contributed by atoms with E-state index in [-0.39, 0.29) is 6.10 Å². The first-order chi connectivity index (χ1) is 10.2. The van der Waals surface area contributed by atoms with E-state index < -0.39 is 9.84 Å². The van der Waals surface area contributed by atoms with Crippen LogP contribution in [0.4, 0.5) is 0 Å². The van der Waals surface area contributed by atoms with Gasteiger partial charge in [0.25, 0.3) is 0 Å². The Hall–Kier alpha value is -1.11. The molecule has 1 rings (SSSR count). The lowest BCUT2D eigenvalue weighted by Gasteiger charge is -2.27. The second-order valence-corrected chi connectivity index (χ2v) is 7.90. The molecular weight excluding hydrogens is 302 g/mol. The topological polar surface area (TPSA) is 66.8 Å². The quantitative estimate of drug-likeness (QED) is 0.702. The molecule has 0 aromatic heterocycles. The molecule has 1 atom stereocenters. The van der Waals surface area contributed by atoms with Gasteiger partial charge in [-0.2, -0.15) is 0 Å². The van der Waals surface area contributed by atoms with Crippen LogP contribution < -0.4 is 4.74 Å². The molecule has 22 heavy (non-hydrogen) atoms. The number of sulfone groups is 1. The molecule has 0 aliphatic heterocycles. The van der Waals surface area contributed by atoms with Gasteiger partial charge in [0, 0.05) is 25.4 Å². The van der Waals surface area contributed by atoms with Gasteiger partial charge in [-0.05, 0) is 51.5 Å². The van der Waals surface area contributed by atoms with Crippen LogP contribution in [0.2, 0.25) is 0 Å². The highest BCUT2D eigenvalue weighted by Crippen LogP contribution is 2.16. The number of nitrogens with zero attached hydrogens (tertiary/aromatic N) is 1. The lowest BCUT2D eigenvalue weighted by Crippen LogP contribution is -2.37. The van der Waals surface area contributed by atoms with Gasteiger partial charge in [0.05, 0.1) is 17.6 Å². The van der Waals surface area contributed by atoms with Gasteiger partial charge in [0.1, 0.15) is 5.75 Å². The largest absolute Gasteiger partial charge is 0.494 e. The minimum atomic E-state index is -3.16. The molecular formula is C16H27NO4S. The molecule has 0 fully saturated rings. The van der Waals surface area contributed by atoms with Crippen molar-refractivity contribution in [1.82, 2.24) is 4.90 Å². The van der Waals surface area contributed by atoms with Gasteiger partial charge in [-0.3, -0.25) is 4.90 Å². The number of aliphatic hydroxyl groups excluding tert-OH is 1. The van der Waals surface area contributed by atoms with Gasteiger partial charge in [0.15, 0.2) is 9.84 Å². The molecule has 5 nitrogen and oxygen atoms in total. The molecule has 6 heteroatoms. The number of ether oxygens (including phenoxy) is 1. The summed E-state index contributed by atoms with van der Waals surface area (Å²) in [5, 5.41) is 9.48. The van der Waals surface area contributed by atoms with Crippen molar-refractivity contribution >= 4 is 9.84 Å². The van der Waals surface area contributed by atoms with Gasteiger partial charge < -0.3 is 9.84 Å². The Morgan fingerprint density at radius 1 is 1.18 bits per heavy atom. The fourth-order valence-corrected chi connectivity index (χ4v) is 2.77. The number of hydrogen-bond donors (Lipinski definition) is 1. The molecule has 0 aliphatic carbocycles. The maximum atomic E-state index is 11.4. The van der Waals surface area contributed by atoms with Crippen molar-refractivity contribution in [2.45, 2.75) is 44.2 Å². The highest BCUT2D eigenvalue weighted by molar-refractivity contribution is 7.90. The molecule has 0 saturated heterocycles. The van der Waals surface area contributed by atoms with Crippen LogP contribution in [-0.2, 0) is 9.84 Å². The standard InChI is InChI=1S/C16H27NO4S/c1-13(2)17(12-14(3)18)10-5-11-21-15-6-8-16(9-7-15)22(4,19)20/h6-9,13-14,18H,5,10-12H2,1-4H3. The second-order valence-electron chi connectivity index (χ2n) is 5.88. The van der Waals surface area contributed by atoms with E-state index in [9.17, 15) is 13.5 Å². The predicted octanol–water partition coefficient (Wildman–Crippen LogP) is 1.95. The van der Waals surface area contributed by atoms with Crippen LogP contribution in [0.1, 0.15) is 27.2 Å². The summed E-state index contributed by atoms with van der Waals surface area (Å²) >= 11 is 0. The fraction of sp³-hybridized carbons (Fsp3) is 0.625. The third-order valence-electron chi connectivity index (χ3n) is 3.34. The molecule has 1 aromatic rings. The molecule has 1 N–H and O–H groups in total. The predicted molar refractivity (Wildman–Crippen MR) is 88.1 cm³/mol. The van der Waals surface area contributed by atoms with Gasteiger partial charge in [-0.15, -0.1) is 0 Å². The summed E-state index contributed by atoms with van der Waals surface area (Å²) < 4.78 is 28.4. The van der Waals surface area contributed by atoms with E-state index in [1.165, 1.54) is 6.26 Å². The number of aliphatic hydroxyl groups is 1. The van der Waals surface area contributed by atoms with Crippen molar-refractivity contribution in [3.8, 4) is 5.75 Å². The minimum Gasteiger partial charge on any atom is -0.494 e. The monoisotopic (exact) mass is 329 g/mol. The van der Waals surface area contributed by atoms with E-state index >= 15 is 0 Å². The Morgan fingerprint density at radius 3 is 2.23 bits per heavy atom. The fourth-order valence-electron chi connectivity index (χ4n) is 2.14. The average Bonchev–Trinajstić information content (AvgIpc) is 2.41. The van der Waals surface area contributed by atoms with Crippen LogP contribution in [0.5, 0.6) is 5.75 Å². The second kappa shape index (κ2) is 8.50. The van der Waals surface area contributed by atoms with Crippen molar-refractivity contribution < 1.29 is 18.3 Å². The van der Waals surface area contributed by atoms with Crippen LogP contribution in [-0.4, -0.2) is 56.5 Å². The Labute approximate surface area is 133 Å². The lowest BCUT2D eigenvalue weighted by molar-refractivity contribution is 0.103. The SMILES string of the molecule is CC(O)CN(CCCOc1ccc(S(C)(=O)=O)cc1)C(C)C. The zero-order valence-electron chi connectivity index (χ0n) is 13.8. The molecule has 0 aliphatic rings. The highest BCUT2D eigenvalue weighted by atomic mass is 32.2. The van der Waals surface area contributed by atoms with E-state index in [1.807, 2.05) is 0 Å². The molecule has 0 heterocycles. The first-order valence-corrected chi connectivity index (χ1v) is 9.44. The van der Waals surface area contributed by atoms with Crippen LogP contribution in [0.15, 0.2) is 29.2 Å². The molecule has 126 valence electrons. The van der Waals surface area contributed by atoms with Crippen molar-refractivity contribution in [2.24, 2.45) is 0 Å². The molecule has 0 radical (unpaired) electrons. The third-order valence-corrected chi connectivity index (χ3v) is 4.47. The third kappa shape index (κ3) is 6.77. The number of rotatable bonds is 9. The zero-order valence-corrected chi connectivity index (χ0v) is 14.6. The summed E-state index contributed by atoms with van der Waals surface area (Å²) in [7, 11) is -3.16. The Bertz CT molecular complexity index is 538. The molecule has 0 amide bonds. The summed E-state index contributed by atoms with van der Waals surface area (Å²) in [6.45, 7) is 8.06. The highest BCUT2D eigenvalue weighted by Gasteiger charge is 2.11. The van der Waals surface area contributed by atoms with E-state index in [2.05, 4.69) is 18.7 Å². The Kier molecular flexibility index (Phi) is 7.32. The molecule has 0 bridgehead atoms. The van der Waals surface area contributed by atoms with E-state index in [0.29, 0.717) is 29.8 Å². The summed E-state index contributed by atoms with van der Waals surface area (Å²) in [5.74, 6) is 0.666. The van der Waals surface area contributed by atoms with Gasteiger partial charge >= 0.3 is 0 Å². The minimum absolute atomic E-state index is 0.294. The van der Waals surface area contributed by atoms with Gasteiger partial charge in [-0.1, -0.05) is 0 Å². The Balaban J connectivity index is 2.41.